The molecule has 0 aromatic rings. The van der Waals surface area contributed by atoms with Gasteiger partial charge in [-0.1, -0.05) is 79.4 Å². The number of ketones is 1. The van der Waals surface area contributed by atoms with Crippen LogP contribution in [0, 0.1) is 51.2 Å². The van der Waals surface area contributed by atoms with Gasteiger partial charge < -0.3 is 5.11 Å². The summed E-state index contributed by atoms with van der Waals surface area (Å²) in [7, 11) is 0. The van der Waals surface area contributed by atoms with E-state index in [2.05, 4.69) is 61.5 Å². The molecule has 0 spiro atoms. The molecule has 2 heteroatoms. The van der Waals surface area contributed by atoms with Crippen molar-refractivity contribution in [2.75, 3.05) is 0 Å². The molecular weight excluding hydrogens is 392 g/mol. The fourth-order valence-electron chi connectivity index (χ4n) is 9.41. The summed E-state index contributed by atoms with van der Waals surface area (Å²) >= 11 is 0. The Morgan fingerprint density at radius 2 is 1.72 bits per heavy atom. The highest BCUT2D eigenvalue weighted by Crippen LogP contribution is 2.72. The van der Waals surface area contributed by atoms with Gasteiger partial charge in [0.15, 0.2) is 0 Å². The third-order valence-corrected chi connectivity index (χ3v) is 11.8. The van der Waals surface area contributed by atoms with Crippen molar-refractivity contribution >= 4 is 5.78 Å². The zero-order chi connectivity index (χ0) is 23.7. The van der Waals surface area contributed by atoms with Crippen LogP contribution in [-0.2, 0) is 4.79 Å². The number of aliphatic hydroxyl groups excluding tert-OH is 1. The maximum Gasteiger partial charge on any atom is 0.143 e. The number of allylic oxidation sites excluding steroid dienone is 2. The van der Waals surface area contributed by atoms with Gasteiger partial charge in [0, 0.05) is 6.42 Å². The fourth-order valence-corrected chi connectivity index (χ4v) is 9.41. The number of rotatable bonds is 5. The standard InChI is InChI=1S/C30H50O2/c1-19(2)10-9-11-20(3)23-18-26(32)30(8)22-12-13-24-27(4,5)25(31)15-16-28(24,6)21(22)14-17-29(23,30)7/h12,19-21,23-25,31H,9-11,13-18H2,1-8H3/t20-,21+,23-,24+,25+,28-,29-,30-/m1/s1. The van der Waals surface area contributed by atoms with Gasteiger partial charge in [0.1, 0.15) is 5.78 Å². The summed E-state index contributed by atoms with van der Waals surface area (Å²) in [4.78, 5) is 13.9. The smallest absolute Gasteiger partial charge is 0.143 e. The van der Waals surface area contributed by atoms with Gasteiger partial charge in [0.05, 0.1) is 11.5 Å². The largest absolute Gasteiger partial charge is 0.393 e. The zero-order valence-electron chi connectivity index (χ0n) is 22.3. The third-order valence-electron chi connectivity index (χ3n) is 11.8. The van der Waals surface area contributed by atoms with E-state index < -0.39 is 0 Å². The molecule has 0 saturated heterocycles. The van der Waals surface area contributed by atoms with Gasteiger partial charge in [-0.3, -0.25) is 4.79 Å². The topological polar surface area (TPSA) is 37.3 Å². The highest BCUT2D eigenvalue weighted by Gasteiger charge is 2.68. The van der Waals surface area contributed by atoms with E-state index in [9.17, 15) is 9.90 Å². The lowest BCUT2D eigenvalue weighted by molar-refractivity contribution is -0.141. The first-order valence-corrected chi connectivity index (χ1v) is 13.7. The molecule has 182 valence electrons. The molecular formula is C30H50O2. The number of hydrogen-bond acceptors (Lipinski definition) is 2. The number of Topliss-reactive ketones (excluding diaryl/α,β-unsaturated/α-hetero) is 1. The first-order chi connectivity index (χ1) is 14.8. The van der Waals surface area contributed by atoms with E-state index in [1.807, 2.05) is 0 Å². The van der Waals surface area contributed by atoms with Crippen molar-refractivity contribution < 1.29 is 9.90 Å². The molecule has 3 saturated carbocycles. The summed E-state index contributed by atoms with van der Waals surface area (Å²) in [5.74, 6) is 3.44. The number of carbonyl (C=O) groups is 1. The van der Waals surface area contributed by atoms with Crippen LogP contribution >= 0.6 is 0 Å². The molecule has 0 radical (unpaired) electrons. The van der Waals surface area contributed by atoms with Crippen LogP contribution in [0.5, 0.6) is 0 Å². The summed E-state index contributed by atoms with van der Waals surface area (Å²) in [5, 5.41) is 10.8. The van der Waals surface area contributed by atoms with Crippen LogP contribution in [0.25, 0.3) is 0 Å². The van der Waals surface area contributed by atoms with Crippen molar-refractivity contribution in [3.63, 3.8) is 0 Å². The molecule has 1 N–H and O–H groups in total. The lowest BCUT2D eigenvalue weighted by Gasteiger charge is -2.63. The Kier molecular flexibility index (Phi) is 6.09. The van der Waals surface area contributed by atoms with Crippen molar-refractivity contribution in [2.45, 2.75) is 119 Å². The van der Waals surface area contributed by atoms with Gasteiger partial charge in [0.2, 0.25) is 0 Å². The molecule has 32 heavy (non-hydrogen) atoms. The summed E-state index contributed by atoms with van der Waals surface area (Å²) in [6.45, 7) is 18.9. The van der Waals surface area contributed by atoms with Crippen molar-refractivity contribution in [1.29, 1.82) is 0 Å². The summed E-state index contributed by atoms with van der Waals surface area (Å²) in [5.41, 5.74) is 1.46. The van der Waals surface area contributed by atoms with Crippen LogP contribution < -0.4 is 0 Å². The number of carbonyl (C=O) groups excluding carboxylic acids is 1. The Morgan fingerprint density at radius 3 is 2.38 bits per heavy atom. The van der Waals surface area contributed by atoms with E-state index in [0.717, 1.165) is 31.6 Å². The second kappa shape index (κ2) is 7.96. The molecule has 3 fully saturated rings. The average molecular weight is 443 g/mol. The number of hydrogen-bond donors (Lipinski definition) is 1. The van der Waals surface area contributed by atoms with E-state index in [4.69, 9.17) is 0 Å². The van der Waals surface area contributed by atoms with Gasteiger partial charge in [0.25, 0.3) is 0 Å². The lowest BCUT2D eigenvalue weighted by Crippen LogP contribution is -2.58. The van der Waals surface area contributed by atoms with Crippen molar-refractivity contribution in [2.24, 2.45) is 51.2 Å². The first kappa shape index (κ1) is 24.5. The maximum absolute atomic E-state index is 13.9. The van der Waals surface area contributed by atoms with Gasteiger partial charge in [-0.25, -0.2) is 0 Å². The van der Waals surface area contributed by atoms with Crippen LogP contribution in [0.2, 0.25) is 0 Å². The molecule has 0 heterocycles. The molecule has 2 nitrogen and oxygen atoms in total. The predicted molar refractivity (Wildman–Crippen MR) is 133 cm³/mol. The van der Waals surface area contributed by atoms with Crippen LogP contribution in [0.1, 0.15) is 113 Å². The molecule has 4 aliphatic carbocycles. The van der Waals surface area contributed by atoms with E-state index in [0.29, 0.717) is 29.5 Å². The van der Waals surface area contributed by atoms with Gasteiger partial charge in [-0.05, 0) is 84.9 Å². The Balaban J connectivity index is 1.66. The molecule has 0 aromatic heterocycles. The van der Waals surface area contributed by atoms with Crippen LogP contribution in [-0.4, -0.2) is 17.0 Å². The monoisotopic (exact) mass is 442 g/mol. The van der Waals surface area contributed by atoms with Crippen molar-refractivity contribution in [1.82, 2.24) is 0 Å². The lowest BCUT2D eigenvalue weighted by atomic mass is 9.41. The summed E-state index contributed by atoms with van der Waals surface area (Å²) in [6, 6.07) is 0. The first-order valence-electron chi connectivity index (χ1n) is 13.7. The highest BCUT2D eigenvalue weighted by molar-refractivity contribution is 5.92. The van der Waals surface area contributed by atoms with Gasteiger partial charge >= 0.3 is 0 Å². The minimum absolute atomic E-state index is 0.0518. The minimum Gasteiger partial charge on any atom is -0.393 e. The quantitative estimate of drug-likeness (QED) is 0.445. The predicted octanol–water partition coefficient (Wildman–Crippen LogP) is 7.59. The minimum atomic E-state index is -0.291. The Bertz CT molecular complexity index is 778. The molecule has 0 aliphatic heterocycles. The van der Waals surface area contributed by atoms with Crippen LogP contribution in [0.4, 0.5) is 0 Å². The maximum atomic E-state index is 13.9. The van der Waals surface area contributed by atoms with Crippen molar-refractivity contribution in [3.8, 4) is 0 Å². The zero-order valence-corrected chi connectivity index (χ0v) is 22.3. The van der Waals surface area contributed by atoms with E-state index >= 15 is 0 Å². The number of fused-ring (bicyclic) bond motifs is 5. The SMILES string of the molecule is CC(C)CCC[C@@H](C)[C@H]1CC(=O)[C@@]2(C)C3=CC[C@H]4C(C)(C)[C@@H](O)CC[C@]4(C)[C@H]3CC[C@]12C. The van der Waals surface area contributed by atoms with Crippen LogP contribution in [0.3, 0.4) is 0 Å². The Morgan fingerprint density at radius 1 is 1.03 bits per heavy atom. The fraction of sp³-hybridized carbons (Fsp3) is 0.900. The van der Waals surface area contributed by atoms with Crippen molar-refractivity contribution in [3.05, 3.63) is 11.6 Å². The second-order valence-corrected chi connectivity index (χ2v) is 14.0. The highest BCUT2D eigenvalue weighted by atomic mass is 16.3. The molecule has 0 amide bonds. The van der Waals surface area contributed by atoms with E-state index in [-0.39, 0.29) is 27.8 Å². The molecule has 0 bridgehead atoms. The summed E-state index contributed by atoms with van der Waals surface area (Å²) in [6.07, 6.45) is 12.4. The molecule has 4 aliphatic rings. The molecule has 0 aromatic carbocycles. The molecule has 0 unspecified atom stereocenters. The third kappa shape index (κ3) is 3.24. The molecule has 4 rings (SSSR count). The molecule has 8 atom stereocenters. The van der Waals surface area contributed by atoms with Gasteiger partial charge in [-0.2, -0.15) is 0 Å². The number of aliphatic hydroxyl groups is 1. The van der Waals surface area contributed by atoms with E-state index in [1.54, 1.807) is 0 Å². The Hall–Kier alpha value is -0.630. The second-order valence-electron chi connectivity index (χ2n) is 14.0. The average Bonchev–Trinajstić information content (AvgIpc) is 2.92. The summed E-state index contributed by atoms with van der Waals surface area (Å²) < 4.78 is 0. The van der Waals surface area contributed by atoms with Crippen LogP contribution in [0.15, 0.2) is 11.6 Å². The van der Waals surface area contributed by atoms with E-state index in [1.165, 1.54) is 37.7 Å². The van der Waals surface area contributed by atoms with Gasteiger partial charge in [-0.15, -0.1) is 0 Å². The Labute approximate surface area is 198 Å². The normalized spacial score (nSPS) is 46.3.